The molecule has 0 bridgehead atoms. The SMILES string of the molecule is Cc1cc(NC(=O)C2CCN(S(=O)(=O)c3cccc(C(F)(F)F)c3)CC2)n(C(C)(C)C)n1. The predicted molar refractivity (Wildman–Crippen MR) is 114 cm³/mol. The molecule has 1 aliphatic rings. The first-order chi connectivity index (χ1) is 14.7. The number of carbonyl (C=O) groups is 1. The molecule has 0 aliphatic carbocycles. The minimum absolute atomic E-state index is 0.0498. The molecule has 1 N–H and O–H groups in total. The Labute approximate surface area is 185 Å². The van der Waals surface area contributed by atoms with Crippen LogP contribution in [-0.4, -0.2) is 41.5 Å². The van der Waals surface area contributed by atoms with E-state index in [1.165, 1.54) is 0 Å². The molecule has 0 saturated carbocycles. The number of amides is 1. The van der Waals surface area contributed by atoms with Crippen molar-refractivity contribution in [2.24, 2.45) is 5.92 Å². The van der Waals surface area contributed by atoms with Gasteiger partial charge in [0.1, 0.15) is 5.82 Å². The smallest absolute Gasteiger partial charge is 0.311 e. The van der Waals surface area contributed by atoms with Crippen molar-refractivity contribution >= 4 is 21.7 Å². The van der Waals surface area contributed by atoms with E-state index in [0.717, 1.165) is 28.2 Å². The van der Waals surface area contributed by atoms with Crippen LogP contribution < -0.4 is 5.32 Å². The third kappa shape index (κ3) is 5.15. The van der Waals surface area contributed by atoms with Gasteiger partial charge >= 0.3 is 6.18 Å². The Hall–Kier alpha value is -2.40. The molecule has 1 fully saturated rings. The highest BCUT2D eigenvalue weighted by molar-refractivity contribution is 7.89. The standard InChI is InChI=1S/C21H27F3N4O3S/c1-14-12-18(28(26-14)20(2,3)4)25-19(29)15-8-10-27(11-9-15)32(30,31)17-7-5-6-16(13-17)21(22,23)24/h5-7,12-13,15H,8-11H2,1-4H3,(H,25,29). The number of alkyl halides is 3. The Morgan fingerprint density at radius 3 is 2.31 bits per heavy atom. The van der Waals surface area contributed by atoms with Gasteiger partial charge in [-0.2, -0.15) is 22.6 Å². The van der Waals surface area contributed by atoms with Crippen LogP contribution in [0.3, 0.4) is 0 Å². The summed E-state index contributed by atoms with van der Waals surface area (Å²) >= 11 is 0. The molecule has 1 aliphatic heterocycles. The number of benzene rings is 1. The van der Waals surface area contributed by atoms with Gasteiger partial charge in [0.2, 0.25) is 15.9 Å². The zero-order chi connectivity index (χ0) is 23.9. The van der Waals surface area contributed by atoms with E-state index in [1.807, 2.05) is 27.7 Å². The van der Waals surface area contributed by atoms with E-state index in [1.54, 1.807) is 10.7 Å². The molecule has 1 saturated heterocycles. The van der Waals surface area contributed by atoms with Crippen molar-refractivity contribution in [2.45, 2.75) is 57.1 Å². The Morgan fingerprint density at radius 2 is 1.75 bits per heavy atom. The topological polar surface area (TPSA) is 84.3 Å². The maximum absolute atomic E-state index is 13.0. The second-order valence-electron chi connectivity index (χ2n) is 8.95. The second kappa shape index (κ2) is 8.51. The number of halogens is 3. The maximum atomic E-state index is 13.0. The lowest BCUT2D eigenvalue weighted by atomic mass is 9.97. The van der Waals surface area contributed by atoms with Crippen molar-refractivity contribution in [3.63, 3.8) is 0 Å². The molecule has 11 heteroatoms. The van der Waals surface area contributed by atoms with Crippen LogP contribution in [0.4, 0.5) is 19.0 Å². The number of piperidine rings is 1. The quantitative estimate of drug-likeness (QED) is 0.729. The lowest BCUT2D eigenvalue weighted by molar-refractivity contribution is -0.137. The molecule has 0 spiro atoms. The number of aromatic nitrogens is 2. The molecule has 1 aromatic carbocycles. The number of carbonyl (C=O) groups excluding carboxylic acids is 1. The van der Waals surface area contributed by atoms with Crippen molar-refractivity contribution < 1.29 is 26.4 Å². The first kappa shape index (κ1) is 24.2. The van der Waals surface area contributed by atoms with E-state index < -0.39 is 32.6 Å². The minimum Gasteiger partial charge on any atom is -0.311 e. The van der Waals surface area contributed by atoms with Gasteiger partial charge in [0.15, 0.2) is 0 Å². The second-order valence-corrected chi connectivity index (χ2v) is 10.9. The van der Waals surface area contributed by atoms with Gasteiger partial charge in [-0.15, -0.1) is 0 Å². The molecule has 2 heterocycles. The summed E-state index contributed by atoms with van der Waals surface area (Å²) in [5.41, 5.74) is -0.588. The first-order valence-corrected chi connectivity index (χ1v) is 11.7. The Balaban J connectivity index is 1.68. The summed E-state index contributed by atoms with van der Waals surface area (Å²) in [5, 5.41) is 7.30. The van der Waals surface area contributed by atoms with Crippen molar-refractivity contribution in [2.75, 3.05) is 18.4 Å². The molecular formula is C21H27F3N4O3S. The summed E-state index contributed by atoms with van der Waals surface area (Å²) in [6.45, 7) is 7.82. The van der Waals surface area contributed by atoms with Crippen molar-refractivity contribution in [1.29, 1.82) is 0 Å². The lowest BCUT2D eigenvalue weighted by Gasteiger charge is -2.31. The zero-order valence-electron chi connectivity index (χ0n) is 18.4. The highest BCUT2D eigenvalue weighted by Gasteiger charge is 2.35. The van der Waals surface area contributed by atoms with E-state index in [-0.39, 0.29) is 37.4 Å². The zero-order valence-corrected chi connectivity index (χ0v) is 19.2. The number of anilines is 1. The van der Waals surface area contributed by atoms with Crippen molar-refractivity contribution in [3.05, 3.63) is 41.6 Å². The number of rotatable bonds is 4. The Morgan fingerprint density at radius 1 is 1.12 bits per heavy atom. The van der Waals surface area contributed by atoms with Gasteiger partial charge in [-0.05, 0) is 58.7 Å². The maximum Gasteiger partial charge on any atom is 0.416 e. The Bertz CT molecular complexity index is 1100. The summed E-state index contributed by atoms with van der Waals surface area (Å²) in [7, 11) is -4.09. The van der Waals surface area contributed by atoms with E-state index >= 15 is 0 Å². The number of aryl methyl sites for hydroxylation is 1. The van der Waals surface area contributed by atoms with Crippen molar-refractivity contribution in [1.82, 2.24) is 14.1 Å². The number of nitrogens with zero attached hydrogens (tertiary/aromatic N) is 3. The molecule has 3 rings (SSSR count). The number of hydrogen-bond donors (Lipinski definition) is 1. The van der Waals surface area contributed by atoms with E-state index in [2.05, 4.69) is 10.4 Å². The summed E-state index contributed by atoms with van der Waals surface area (Å²) in [6, 6.07) is 5.48. The van der Waals surface area contributed by atoms with E-state index in [0.29, 0.717) is 11.9 Å². The van der Waals surface area contributed by atoms with Gasteiger partial charge in [-0.1, -0.05) is 6.07 Å². The molecule has 176 valence electrons. The van der Waals surface area contributed by atoms with Crippen LogP contribution in [0, 0.1) is 12.8 Å². The molecule has 2 aromatic rings. The summed E-state index contributed by atoms with van der Waals surface area (Å²) in [5.74, 6) is -0.0721. The third-order valence-electron chi connectivity index (χ3n) is 5.34. The molecule has 7 nitrogen and oxygen atoms in total. The monoisotopic (exact) mass is 472 g/mol. The average molecular weight is 473 g/mol. The average Bonchev–Trinajstić information content (AvgIpc) is 3.08. The van der Waals surface area contributed by atoms with Crippen LogP contribution in [0.2, 0.25) is 0 Å². The molecule has 0 unspecified atom stereocenters. The summed E-state index contributed by atoms with van der Waals surface area (Å²) in [6.07, 6.45) is -4.09. The fourth-order valence-corrected chi connectivity index (χ4v) is 5.18. The largest absolute Gasteiger partial charge is 0.416 e. The van der Waals surface area contributed by atoms with Gasteiger partial charge in [-0.3, -0.25) is 4.79 Å². The highest BCUT2D eigenvalue weighted by atomic mass is 32.2. The normalized spacial score (nSPS) is 16.8. The fourth-order valence-electron chi connectivity index (χ4n) is 3.67. The third-order valence-corrected chi connectivity index (χ3v) is 7.24. The van der Waals surface area contributed by atoms with Gasteiger partial charge in [0.25, 0.3) is 0 Å². The number of hydrogen-bond acceptors (Lipinski definition) is 4. The van der Waals surface area contributed by atoms with E-state index in [4.69, 9.17) is 0 Å². The van der Waals surface area contributed by atoms with Gasteiger partial charge < -0.3 is 5.32 Å². The van der Waals surface area contributed by atoms with Crippen LogP contribution in [0.25, 0.3) is 0 Å². The molecular weight excluding hydrogens is 445 g/mol. The van der Waals surface area contributed by atoms with Crippen LogP contribution in [0.5, 0.6) is 0 Å². The molecule has 32 heavy (non-hydrogen) atoms. The molecule has 0 atom stereocenters. The van der Waals surface area contributed by atoms with Gasteiger partial charge in [-0.25, -0.2) is 13.1 Å². The molecule has 0 radical (unpaired) electrons. The van der Waals surface area contributed by atoms with Gasteiger partial charge in [0.05, 0.1) is 21.7 Å². The lowest BCUT2D eigenvalue weighted by Crippen LogP contribution is -2.41. The Kier molecular flexibility index (Phi) is 6.45. The van der Waals surface area contributed by atoms with E-state index in [9.17, 15) is 26.4 Å². The van der Waals surface area contributed by atoms with Crippen LogP contribution >= 0.6 is 0 Å². The minimum atomic E-state index is -4.63. The predicted octanol–water partition coefficient (Wildman–Crippen LogP) is 4.00. The number of nitrogens with one attached hydrogen (secondary N) is 1. The highest BCUT2D eigenvalue weighted by Crippen LogP contribution is 2.32. The molecule has 1 aromatic heterocycles. The first-order valence-electron chi connectivity index (χ1n) is 10.2. The van der Waals surface area contributed by atoms with Crippen LogP contribution in [-0.2, 0) is 26.5 Å². The van der Waals surface area contributed by atoms with Crippen molar-refractivity contribution in [3.8, 4) is 0 Å². The number of sulfonamides is 1. The summed E-state index contributed by atoms with van der Waals surface area (Å²) < 4.78 is 67.4. The van der Waals surface area contributed by atoms with Crippen LogP contribution in [0.15, 0.2) is 35.2 Å². The fraction of sp³-hybridized carbons (Fsp3) is 0.524. The van der Waals surface area contributed by atoms with Crippen LogP contribution in [0.1, 0.15) is 44.9 Å². The molecule has 1 amide bonds. The summed E-state index contributed by atoms with van der Waals surface area (Å²) in [4.78, 5) is 12.4. The van der Waals surface area contributed by atoms with Gasteiger partial charge in [0, 0.05) is 25.1 Å².